The van der Waals surface area contributed by atoms with Gasteiger partial charge in [0.2, 0.25) is 0 Å². The van der Waals surface area contributed by atoms with Gasteiger partial charge in [0.15, 0.2) is 5.65 Å². The number of rotatable bonds is 3. The number of aryl methyl sites for hydroxylation is 2. The topological polar surface area (TPSA) is 72.9 Å². The Kier molecular flexibility index (Phi) is 2.99. The first-order valence-corrected chi connectivity index (χ1v) is 8.01. The fourth-order valence-electron chi connectivity index (χ4n) is 2.90. The van der Waals surface area contributed by atoms with E-state index in [1.807, 2.05) is 31.6 Å². The van der Waals surface area contributed by atoms with Crippen LogP contribution in [0, 0.1) is 6.92 Å². The van der Waals surface area contributed by atoms with E-state index in [2.05, 4.69) is 14.6 Å². The summed E-state index contributed by atoms with van der Waals surface area (Å²) in [5.74, 6) is -0.924. The van der Waals surface area contributed by atoms with Crippen molar-refractivity contribution in [2.24, 2.45) is 7.05 Å². The maximum Gasteiger partial charge on any atom is 0.335 e. The Balaban J connectivity index is 1.98. The largest absolute Gasteiger partial charge is 0.478 e. The third kappa shape index (κ3) is 2.20. The molecule has 0 aliphatic heterocycles. The SMILES string of the molecule is Cc1nc(Cn2c3ccc(C(=O)O)cc3c3cn(C)nc32)cs1. The van der Waals surface area contributed by atoms with Crippen LogP contribution in [0.5, 0.6) is 0 Å². The number of carboxylic acids is 1. The summed E-state index contributed by atoms with van der Waals surface area (Å²) in [5.41, 5.74) is 3.08. The lowest BCUT2D eigenvalue weighted by Gasteiger charge is -2.04. The highest BCUT2D eigenvalue weighted by atomic mass is 32.1. The highest BCUT2D eigenvalue weighted by Crippen LogP contribution is 2.30. The van der Waals surface area contributed by atoms with E-state index in [0.717, 1.165) is 32.6 Å². The van der Waals surface area contributed by atoms with Crippen molar-refractivity contribution >= 4 is 39.2 Å². The molecule has 0 atom stereocenters. The van der Waals surface area contributed by atoms with Crippen molar-refractivity contribution in [1.29, 1.82) is 0 Å². The number of nitrogens with zero attached hydrogens (tertiary/aromatic N) is 4. The maximum atomic E-state index is 11.3. The molecular formula is C16H14N4O2S. The average molecular weight is 326 g/mol. The van der Waals surface area contributed by atoms with E-state index in [9.17, 15) is 9.90 Å². The molecule has 0 fully saturated rings. The molecule has 0 bridgehead atoms. The van der Waals surface area contributed by atoms with E-state index in [1.54, 1.807) is 28.2 Å². The Bertz CT molecular complexity index is 1060. The first-order chi connectivity index (χ1) is 11.0. The summed E-state index contributed by atoms with van der Waals surface area (Å²) in [4.78, 5) is 15.8. The van der Waals surface area contributed by atoms with E-state index >= 15 is 0 Å². The predicted molar refractivity (Wildman–Crippen MR) is 89.1 cm³/mol. The van der Waals surface area contributed by atoms with Gasteiger partial charge in [-0.1, -0.05) is 0 Å². The van der Waals surface area contributed by atoms with Gasteiger partial charge in [0.25, 0.3) is 0 Å². The molecule has 4 rings (SSSR count). The Hall–Kier alpha value is -2.67. The first kappa shape index (κ1) is 14.0. The number of benzene rings is 1. The number of carboxylic acid groups (broad SMARTS) is 1. The Morgan fingerprint density at radius 3 is 2.87 bits per heavy atom. The molecule has 3 aromatic heterocycles. The fraction of sp³-hybridized carbons (Fsp3) is 0.188. The summed E-state index contributed by atoms with van der Waals surface area (Å²) in [7, 11) is 1.87. The van der Waals surface area contributed by atoms with Gasteiger partial charge in [-0.25, -0.2) is 9.78 Å². The van der Waals surface area contributed by atoms with E-state index in [1.165, 1.54) is 0 Å². The minimum Gasteiger partial charge on any atom is -0.478 e. The molecule has 7 heteroatoms. The van der Waals surface area contributed by atoms with Gasteiger partial charge >= 0.3 is 5.97 Å². The highest BCUT2D eigenvalue weighted by molar-refractivity contribution is 7.09. The predicted octanol–water partition coefficient (Wildman–Crippen LogP) is 3.04. The van der Waals surface area contributed by atoms with Crippen LogP contribution >= 0.6 is 11.3 Å². The number of hydrogen-bond acceptors (Lipinski definition) is 4. The van der Waals surface area contributed by atoms with Gasteiger partial charge in [-0.3, -0.25) is 4.68 Å². The first-order valence-electron chi connectivity index (χ1n) is 7.13. The normalized spacial score (nSPS) is 11.6. The molecule has 0 spiro atoms. The summed E-state index contributed by atoms with van der Waals surface area (Å²) in [6.07, 6.45) is 1.92. The van der Waals surface area contributed by atoms with Gasteiger partial charge in [0, 0.05) is 29.4 Å². The molecule has 0 saturated heterocycles. The van der Waals surface area contributed by atoms with Crippen LogP contribution in [-0.2, 0) is 13.6 Å². The quantitative estimate of drug-likeness (QED) is 0.628. The van der Waals surface area contributed by atoms with Crippen LogP contribution in [0.1, 0.15) is 21.1 Å². The molecule has 0 aliphatic carbocycles. The third-order valence-corrected chi connectivity index (χ3v) is 4.70. The molecule has 0 unspecified atom stereocenters. The van der Waals surface area contributed by atoms with Crippen LogP contribution in [0.4, 0.5) is 0 Å². The average Bonchev–Trinajstić information content (AvgIpc) is 3.15. The second kappa shape index (κ2) is 4.92. The van der Waals surface area contributed by atoms with Gasteiger partial charge in [0.05, 0.1) is 28.3 Å². The monoisotopic (exact) mass is 326 g/mol. The van der Waals surface area contributed by atoms with Crippen LogP contribution in [0.15, 0.2) is 29.8 Å². The lowest BCUT2D eigenvalue weighted by Crippen LogP contribution is -2.02. The number of aromatic carboxylic acids is 1. The number of carbonyl (C=O) groups is 1. The minimum atomic E-state index is -0.924. The lowest BCUT2D eigenvalue weighted by atomic mass is 10.1. The van der Waals surface area contributed by atoms with Gasteiger partial charge in [-0.2, -0.15) is 5.10 Å². The summed E-state index contributed by atoms with van der Waals surface area (Å²) in [6.45, 7) is 2.60. The van der Waals surface area contributed by atoms with E-state index in [0.29, 0.717) is 6.54 Å². The van der Waals surface area contributed by atoms with Crippen molar-refractivity contribution in [3.8, 4) is 0 Å². The zero-order chi connectivity index (χ0) is 16.1. The summed E-state index contributed by atoms with van der Waals surface area (Å²) >= 11 is 1.62. The molecule has 4 aromatic rings. The zero-order valence-electron chi connectivity index (χ0n) is 12.6. The van der Waals surface area contributed by atoms with Crippen LogP contribution in [0.2, 0.25) is 0 Å². The van der Waals surface area contributed by atoms with Crippen molar-refractivity contribution in [3.63, 3.8) is 0 Å². The summed E-state index contributed by atoms with van der Waals surface area (Å²) < 4.78 is 3.84. The van der Waals surface area contributed by atoms with Gasteiger partial charge in [-0.15, -0.1) is 11.3 Å². The van der Waals surface area contributed by atoms with Crippen LogP contribution in [0.3, 0.4) is 0 Å². The summed E-state index contributed by atoms with van der Waals surface area (Å²) in [5, 5.41) is 18.7. The van der Waals surface area contributed by atoms with E-state index in [-0.39, 0.29) is 5.56 Å². The zero-order valence-corrected chi connectivity index (χ0v) is 13.5. The minimum absolute atomic E-state index is 0.282. The van der Waals surface area contributed by atoms with Crippen LogP contribution in [0.25, 0.3) is 21.9 Å². The van der Waals surface area contributed by atoms with Crippen LogP contribution in [-0.4, -0.2) is 30.4 Å². The van der Waals surface area contributed by atoms with Crippen molar-refractivity contribution < 1.29 is 9.90 Å². The smallest absolute Gasteiger partial charge is 0.335 e. The number of fused-ring (bicyclic) bond motifs is 3. The molecule has 3 heterocycles. The van der Waals surface area contributed by atoms with Crippen LogP contribution < -0.4 is 0 Å². The molecule has 0 saturated carbocycles. The molecule has 1 aromatic carbocycles. The molecular weight excluding hydrogens is 312 g/mol. The molecule has 23 heavy (non-hydrogen) atoms. The van der Waals surface area contributed by atoms with E-state index < -0.39 is 5.97 Å². The second-order valence-corrected chi connectivity index (χ2v) is 6.58. The van der Waals surface area contributed by atoms with Crippen molar-refractivity contribution in [3.05, 3.63) is 46.0 Å². The third-order valence-electron chi connectivity index (χ3n) is 3.88. The standard InChI is InChI=1S/C16H14N4O2S/c1-9-17-11(8-23-9)6-20-14-4-3-10(16(21)22)5-12(14)13-7-19(2)18-15(13)20/h3-5,7-8H,6H2,1-2H3,(H,21,22). The molecule has 0 aliphatic rings. The van der Waals surface area contributed by atoms with Gasteiger partial charge in [-0.05, 0) is 25.1 Å². The molecule has 0 amide bonds. The molecule has 116 valence electrons. The van der Waals surface area contributed by atoms with E-state index in [4.69, 9.17) is 0 Å². The summed E-state index contributed by atoms with van der Waals surface area (Å²) in [6, 6.07) is 5.19. The Morgan fingerprint density at radius 2 is 2.17 bits per heavy atom. The van der Waals surface area contributed by atoms with Crippen molar-refractivity contribution in [2.75, 3.05) is 0 Å². The van der Waals surface area contributed by atoms with Crippen molar-refractivity contribution in [2.45, 2.75) is 13.5 Å². The Labute approximate surface area is 135 Å². The molecule has 1 N–H and O–H groups in total. The number of hydrogen-bond donors (Lipinski definition) is 1. The number of thiazole rings is 1. The van der Waals surface area contributed by atoms with Gasteiger partial charge in [0.1, 0.15) is 0 Å². The highest BCUT2D eigenvalue weighted by Gasteiger charge is 2.16. The lowest BCUT2D eigenvalue weighted by molar-refractivity contribution is 0.0697. The Morgan fingerprint density at radius 1 is 1.35 bits per heavy atom. The number of aromatic nitrogens is 4. The molecule has 0 radical (unpaired) electrons. The van der Waals surface area contributed by atoms with Gasteiger partial charge < -0.3 is 9.67 Å². The second-order valence-electron chi connectivity index (χ2n) is 5.52. The molecule has 6 nitrogen and oxygen atoms in total. The maximum absolute atomic E-state index is 11.3. The fourth-order valence-corrected chi connectivity index (χ4v) is 3.51. The van der Waals surface area contributed by atoms with Crippen molar-refractivity contribution in [1.82, 2.24) is 19.3 Å².